The van der Waals surface area contributed by atoms with Gasteiger partial charge in [-0.3, -0.25) is 9.69 Å². The lowest BCUT2D eigenvalue weighted by Crippen LogP contribution is -2.34. The summed E-state index contributed by atoms with van der Waals surface area (Å²) in [5.41, 5.74) is -0.517. The summed E-state index contributed by atoms with van der Waals surface area (Å²) in [7, 11) is 0. The number of hydrogen-bond donors (Lipinski definition) is 1. The molecule has 1 unspecified atom stereocenters. The van der Waals surface area contributed by atoms with Gasteiger partial charge in [0.2, 0.25) is 0 Å². The SMILES string of the molecule is C=C(Br)CN1CCC(CCC)(C(=O)O)C1. The summed E-state index contributed by atoms with van der Waals surface area (Å²) in [6.07, 6.45) is 2.46. The molecule has 0 amide bonds. The molecule has 0 aromatic carbocycles. The van der Waals surface area contributed by atoms with Crippen LogP contribution in [0, 0.1) is 5.41 Å². The molecule has 1 rings (SSSR count). The Labute approximate surface area is 99.3 Å². The van der Waals surface area contributed by atoms with Gasteiger partial charge in [0.1, 0.15) is 0 Å². The third-order valence-corrected chi connectivity index (χ3v) is 3.26. The number of halogens is 1. The van der Waals surface area contributed by atoms with E-state index >= 15 is 0 Å². The summed E-state index contributed by atoms with van der Waals surface area (Å²) < 4.78 is 0.917. The molecule has 0 bridgehead atoms. The first-order valence-corrected chi connectivity index (χ1v) is 6.08. The molecule has 0 saturated carbocycles. The van der Waals surface area contributed by atoms with Gasteiger partial charge in [0.25, 0.3) is 0 Å². The predicted molar refractivity (Wildman–Crippen MR) is 64.1 cm³/mol. The molecule has 3 nitrogen and oxygen atoms in total. The van der Waals surface area contributed by atoms with Crippen molar-refractivity contribution in [2.75, 3.05) is 19.6 Å². The summed E-state index contributed by atoms with van der Waals surface area (Å²) in [6, 6.07) is 0. The number of carboxylic acids is 1. The number of hydrogen-bond acceptors (Lipinski definition) is 2. The first-order chi connectivity index (χ1) is 7.00. The number of nitrogens with zero attached hydrogens (tertiary/aromatic N) is 1. The van der Waals surface area contributed by atoms with Crippen LogP contribution >= 0.6 is 15.9 Å². The van der Waals surface area contributed by atoms with E-state index < -0.39 is 11.4 Å². The highest BCUT2D eigenvalue weighted by Gasteiger charge is 2.43. The molecule has 0 spiro atoms. The van der Waals surface area contributed by atoms with Crippen LogP contribution in [-0.2, 0) is 4.79 Å². The minimum absolute atomic E-state index is 0.517. The fraction of sp³-hybridized carbons (Fsp3) is 0.727. The monoisotopic (exact) mass is 275 g/mol. The lowest BCUT2D eigenvalue weighted by Gasteiger charge is -2.24. The van der Waals surface area contributed by atoms with Crippen molar-refractivity contribution in [1.29, 1.82) is 0 Å². The Morgan fingerprint density at radius 1 is 1.67 bits per heavy atom. The summed E-state index contributed by atoms with van der Waals surface area (Å²) in [5.74, 6) is -0.646. The normalized spacial score (nSPS) is 26.8. The van der Waals surface area contributed by atoms with E-state index in [0.29, 0.717) is 6.54 Å². The minimum Gasteiger partial charge on any atom is -0.481 e. The highest BCUT2D eigenvalue weighted by Crippen LogP contribution is 2.35. The zero-order valence-corrected chi connectivity index (χ0v) is 10.7. The number of rotatable bonds is 5. The maximum atomic E-state index is 11.3. The maximum Gasteiger partial charge on any atom is 0.310 e. The quantitative estimate of drug-likeness (QED) is 0.838. The van der Waals surface area contributed by atoms with Gasteiger partial charge in [-0.15, -0.1) is 0 Å². The van der Waals surface area contributed by atoms with Crippen LogP contribution in [0.25, 0.3) is 0 Å². The Hall–Kier alpha value is -0.350. The predicted octanol–water partition coefficient (Wildman–Crippen LogP) is 2.47. The van der Waals surface area contributed by atoms with Crippen molar-refractivity contribution in [2.24, 2.45) is 5.41 Å². The second kappa shape index (κ2) is 5.12. The van der Waals surface area contributed by atoms with Gasteiger partial charge >= 0.3 is 5.97 Å². The average Bonchev–Trinajstić information content (AvgIpc) is 2.49. The van der Waals surface area contributed by atoms with E-state index in [1.54, 1.807) is 0 Å². The Bertz CT molecular complexity index is 267. The highest BCUT2D eigenvalue weighted by molar-refractivity contribution is 9.11. The number of aliphatic carboxylic acids is 1. The third kappa shape index (κ3) is 3.05. The van der Waals surface area contributed by atoms with Gasteiger partial charge in [0.15, 0.2) is 0 Å². The standard InChI is InChI=1S/C11H18BrNO2/c1-3-4-11(10(14)15)5-6-13(8-11)7-9(2)12/h2-8H2,1H3,(H,14,15). The molecule has 0 aromatic rings. The molecule has 1 aliphatic heterocycles. The van der Waals surface area contributed by atoms with Gasteiger partial charge in [-0.1, -0.05) is 35.9 Å². The van der Waals surface area contributed by atoms with Crippen molar-refractivity contribution in [2.45, 2.75) is 26.2 Å². The van der Waals surface area contributed by atoms with Gasteiger partial charge in [-0.25, -0.2) is 0 Å². The van der Waals surface area contributed by atoms with Gasteiger partial charge in [-0.2, -0.15) is 0 Å². The fourth-order valence-corrected chi connectivity index (χ4v) is 2.65. The largest absolute Gasteiger partial charge is 0.481 e. The van der Waals surface area contributed by atoms with E-state index in [9.17, 15) is 9.90 Å². The Morgan fingerprint density at radius 2 is 2.33 bits per heavy atom. The van der Waals surface area contributed by atoms with Gasteiger partial charge in [0, 0.05) is 17.6 Å². The van der Waals surface area contributed by atoms with Crippen molar-refractivity contribution in [3.63, 3.8) is 0 Å². The smallest absolute Gasteiger partial charge is 0.310 e. The highest BCUT2D eigenvalue weighted by atomic mass is 79.9. The third-order valence-electron chi connectivity index (χ3n) is 3.01. The molecule has 0 aliphatic carbocycles. The molecule has 0 radical (unpaired) electrons. The zero-order valence-electron chi connectivity index (χ0n) is 9.13. The number of carbonyl (C=O) groups is 1. The Morgan fingerprint density at radius 3 is 2.80 bits per heavy atom. The number of likely N-dealkylation sites (tertiary alicyclic amines) is 1. The zero-order chi connectivity index (χ0) is 11.5. The second-order valence-corrected chi connectivity index (χ2v) is 5.43. The average molecular weight is 276 g/mol. The topological polar surface area (TPSA) is 40.5 Å². The molecule has 1 N–H and O–H groups in total. The van der Waals surface area contributed by atoms with Crippen LogP contribution < -0.4 is 0 Å². The van der Waals surface area contributed by atoms with Crippen molar-refractivity contribution >= 4 is 21.9 Å². The van der Waals surface area contributed by atoms with Crippen LogP contribution in [0.15, 0.2) is 11.1 Å². The van der Waals surface area contributed by atoms with E-state index in [1.165, 1.54) is 0 Å². The van der Waals surface area contributed by atoms with Gasteiger partial charge in [0.05, 0.1) is 5.41 Å². The fourth-order valence-electron chi connectivity index (χ4n) is 2.30. The van der Waals surface area contributed by atoms with Crippen LogP contribution in [0.4, 0.5) is 0 Å². The first-order valence-electron chi connectivity index (χ1n) is 5.29. The molecule has 4 heteroatoms. The van der Waals surface area contributed by atoms with E-state index in [0.717, 1.165) is 36.8 Å². The first kappa shape index (κ1) is 12.7. The molecule has 1 atom stereocenters. The molecular weight excluding hydrogens is 258 g/mol. The lowest BCUT2D eigenvalue weighted by atomic mass is 9.83. The van der Waals surface area contributed by atoms with E-state index in [-0.39, 0.29) is 0 Å². The molecule has 15 heavy (non-hydrogen) atoms. The van der Waals surface area contributed by atoms with Crippen LogP contribution in [0.1, 0.15) is 26.2 Å². The molecule has 1 fully saturated rings. The van der Waals surface area contributed by atoms with E-state index in [1.807, 2.05) is 6.92 Å². The molecular formula is C11H18BrNO2. The van der Waals surface area contributed by atoms with Crippen molar-refractivity contribution in [3.05, 3.63) is 11.1 Å². The van der Waals surface area contributed by atoms with Crippen molar-refractivity contribution < 1.29 is 9.90 Å². The summed E-state index contributed by atoms with van der Waals surface area (Å²) in [5, 5.41) is 9.29. The summed E-state index contributed by atoms with van der Waals surface area (Å²) >= 11 is 3.31. The van der Waals surface area contributed by atoms with Crippen LogP contribution in [0.3, 0.4) is 0 Å². The Balaban J connectivity index is 2.63. The number of carboxylic acid groups (broad SMARTS) is 1. The second-order valence-electron chi connectivity index (χ2n) is 4.31. The lowest BCUT2D eigenvalue weighted by molar-refractivity contribution is -0.148. The molecule has 0 aromatic heterocycles. The van der Waals surface area contributed by atoms with Crippen LogP contribution in [0.2, 0.25) is 0 Å². The van der Waals surface area contributed by atoms with E-state index in [2.05, 4.69) is 27.4 Å². The molecule has 1 aliphatic rings. The molecule has 1 heterocycles. The summed E-state index contributed by atoms with van der Waals surface area (Å²) in [4.78, 5) is 13.4. The molecule has 1 saturated heterocycles. The van der Waals surface area contributed by atoms with Gasteiger partial charge < -0.3 is 5.11 Å². The summed E-state index contributed by atoms with van der Waals surface area (Å²) in [6.45, 7) is 8.08. The van der Waals surface area contributed by atoms with Crippen molar-refractivity contribution in [3.8, 4) is 0 Å². The van der Waals surface area contributed by atoms with Gasteiger partial charge in [-0.05, 0) is 19.4 Å². The van der Waals surface area contributed by atoms with Crippen LogP contribution in [-0.4, -0.2) is 35.6 Å². The van der Waals surface area contributed by atoms with Crippen molar-refractivity contribution in [1.82, 2.24) is 4.90 Å². The minimum atomic E-state index is -0.646. The van der Waals surface area contributed by atoms with Crippen LogP contribution in [0.5, 0.6) is 0 Å². The molecule has 86 valence electrons. The van der Waals surface area contributed by atoms with E-state index in [4.69, 9.17) is 0 Å². The maximum absolute atomic E-state index is 11.3. The Kier molecular flexibility index (Phi) is 4.34.